The van der Waals surface area contributed by atoms with Crippen molar-refractivity contribution >= 4 is 34.4 Å². The second-order valence-corrected chi connectivity index (χ2v) is 9.53. The van der Waals surface area contributed by atoms with E-state index < -0.39 is 46.4 Å². The Labute approximate surface area is 248 Å². The van der Waals surface area contributed by atoms with Crippen molar-refractivity contribution in [3.8, 4) is 11.5 Å². The summed E-state index contributed by atoms with van der Waals surface area (Å²) in [7, 11) is 2.72. The fourth-order valence-electron chi connectivity index (χ4n) is 4.66. The molecule has 0 aliphatic rings. The van der Waals surface area contributed by atoms with Crippen molar-refractivity contribution in [2.75, 3.05) is 12.0 Å². The van der Waals surface area contributed by atoms with Gasteiger partial charge in [0.25, 0.3) is 17.4 Å². The maximum Gasteiger partial charge on any atom is 0.416 e. The minimum Gasteiger partial charge on any atom is -0.496 e. The molecule has 0 N–H and O–H groups in total. The third-order valence-corrected chi connectivity index (χ3v) is 6.86. The van der Waals surface area contributed by atoms with Crippen molar-refractivity contribution in [2.24, 2.45) is 7.05 Å². The number of amides is 2. The summed E-state index contributed by atoms with van der Waals surface area (Å²) >= 11 is 0. The molecule has 0 unspecified atom stereocenters. The summed E-state index contributed by atoms with van der Waals surface area (Å²) in [5.74, 6) is -3.40. The SMILES string of the molecule is COc1cccc2c1c(OC(=O)c1ccccc1)c(C(=O)N(C(=O)c1ccccc1)c1ccc(C(F)(F)F)cc1)c(=O)n2C. The second-order valence-electron chi connectivity index (χ2n) is 9.53. The molecule has 0 aliphatic heterocycles. The third-order valence-electron chi connectivity index (χ3n) is 6.86. The molecule has 0 radical (unpaired) electrons. The summed E-state index contributed by atoms with van der Waals surface area (Å²) in [6.07, 6.45) is -4.68. The van der Waals surface area contributed by atoms with Crippen LogP contribution in [-0.4, -0.2) is 29.5 Å². The predicted octanol–water partition coefficient (Wildman–Crippen LogP) is 6.27. The molecule has 44 heavy (non-hydrogen) atoms. The number of rotatable bonds is 6. The fourth-order valence-corrected chi connectivity index (χ4v) is 4.66. The first kappa shape index (κ1) is 29.8. The number of alkyl halides is 3. The van der Waals surface area contributed by atoms with Crippen molar-refractivity contribution in [1.29, 1.82) is 0 Å². The van der Waals surface area contributed by atoms with E-state index >= 15 is 0 Å². The molecule has 0 bridgehead atoms. The molecule has 0 saturated heterocycles. The van der Waals surface area contributed by atoms with Gasteiger partial charge < -0.3 is 14.0 Å². The molecule has 222 valence electrons. The van der Waals surface area contributed by atoms with E-state index in [0.717, 1.165) is 16.7 Å². The largest absolute Gasteiger partial charge is 0.496 e. The van der Waals surface area contributed by atoms with Gasteiger partial charge in [-0.1, -0.05) is 42.5 Å². The van der Waals surface area contributed by atoms with Crippen LogP contribution in [0.15, 0.2) is 108 Å². The summed E-state index contributed by atoms with van der Waals surface area (Å²) in [5.41, 5.74) is -2.53. The van der Waals surface area contributed by atoms with Gasteiger partial charge in [-0.25, -0.2) is 9.69 Å². The number of ether oxygens (including phenoxy) is 2. The average Bonchev–Trinajstić information content (AvgIpc) is 3.03. The van der Waals surface area contributed by atoms with Gasteiger partial charge in [0.15, 0.2) is 5.75 Å². The number of anilines is 1. The molecule has 0 spiro atoms. The Bertz CT molecular complexity index is 1940. The number of imide groups is 1. The number of methoxy groups -OCH3 is 1. The van der Waals surface area contributed by atoms with E-state index in [1.165, 1.54) is 56.6 Å². The van der Waals surface area contributed by atoms with Crippen molar-refractivity contribution in [1.82, 2.24) is 4.57 Å². The topological polar surface area (TPSA) is 94.9 Å². The van der Waals surface area contributed by atoms with Gasteiger partial charge in [-0.15, -0.1) is 0 Å². The Hall–Kier alpha value is -5.71. The summed E-state index contributed by atoms with van der Waals surface area (Å²) in [6, 6.07) is 23.3. The molecular weight excluding hydrogens is 577 g/mol. The van der Waals surface area contributed by atoms with Crippen molar-refractivity contribution in [3.05, 3.63) is 136 Å². The number of nitrogens with zero attached hydrogens (tertiary/aromatic N) is 2. The standard InChI is InChI=1S/C33H23F3N2O6/c1-37-24-14-9-15-25(43-2)26(24)28(44-32(42)21-12-7-4-8-13-21)27(30(37)40)31(41)38(29(39)20-10-5-3-6-11-20)23-18-16-22(17-19-23)33(34,35)36/h3-19H,1-2H3. The minimum atomic E-state index is -4.68. The van der Waals surface area contributed by atoms with Crippen LogP contribution < -0.4 is 19.9 Å². The number of aryl methyl sites for hydroxylation is 1. The van der Waals surface area contributed by atoms with Crippen LogP contribution in [0.2, 0.25) is 0 Å². The van der Waals surface area contributed by atoms with Gasteiger partial charge in [-0.2, -0.15) is 13.2 Å². The summed E-state index contributed by atoms with van der Waals surface area (Å²) < 4.78 is 52.4. The maximum absolute atomic E-state index is 14.4. The molecule has 0 saturated carbocycles. The molecule has 2 amide bonds. The molecule has 0 fully saturated rings. The smallest absolute Gasteiger partial charge is 0.416 e. The number of carbonyl (C=O) groups is 3. The van der Waals surface area contributed by atoms with E-state index in [1.54, 1.807) is 36.4 Å². The first-order valence-electron chi connectivity index (χ1n) is 13.1. The van der Waals surface area contributed by atoms with Crippen molar-refractivity contribution in [3.63, 3.8) is 0 Å². The van der Waals surface area contributed by atoms with Crippen LogP contribution in [0.3, 0.4) is 0 Å². The Morgan fingerprint density at radius 1 is 0.750 bits per heavy atom. The Morgan fingerprint density at radius 2 is 1.34 bits per heavy atom. The Kier molecular flexibility index (Phi) is 8.04. The average molecular weight is 601 g/mol. The summed E-state index contributed by atoms with van der Waals surface area (Å²) in [4.78, 5) is 56.0. The van der Waals surface area contributed by atoms with Crippen LogP contribution in [0.25, 0.3) is 10.9 Å². The highest BCUT2D eigenvalue weighted by molar-refractivity contribution is 6.27. The number of esters is 1. The molecular formula is C33H23F3N2O6. The van der Waals surface area contributed by atoms with Gasteiger partial charge in [0, 0.05) is 12.6 Å². The van der Waals surface area contributed by atoms with E-state index in [0.29, 0.717) is 17.0 Å². The van der Waals surface area contributed by atoms with Crippen LogP contribution in [0, 0.1) is 0 Å². The number of hydrogen-bond donors (Lipinski definition) is 0. The summed E-state index contributed by atoms with van der Waals surface area (Å²) in [6.45, 7) is 0. The zero-order valence-electron chi connectivity index (χ0n) is 23.3. The number of pyridine rings is 1. The molecule has 5 aromatic rings. The van der Waals surface area contributed by atoms with E-state index in [2.05, 4.69) is 0 Å². The van der Waals surface area contributed by atoms with Crippen molar-refractivity contribution in [2.45, 2.75) is 6.18 Å². The van der Waals surface area contributed by atoms with Gasteiger partial charge in [-0.05, 0) is 60.7 Å². The highest BCUT2D eigenvalue weighted by Gasteiger charge is 2.35. The normalized spacial score (nSPS) is 11.2. The third kappa shape index (κ3) is 5.54. The minimum absolute atomic E-state index is 0.0128. The van der Waals surface area contributed by atoms with Crippen LogP contribution >= 0.6 is 0 Å². The van der Waals surface area contributed by atoms with Gasteiger partial charge >= 0.3 is 12.1 Å². The molecule has 0 aliphatic carbocycles. The molecule has 4 aromatic carbocycles. The fraction of sp³-hybridized carbons (Fsp3) is 0.0909. The predicted molar refractivity (Wildman–Crippen MR) is 156 cm³/mol. The van der Waals surface area contributed by atoms with E-state index in [1.807, 2.05) is 0 Å². The molecule has 1 heterocycles. The zero-order valence-corrected chi connectivity index (χ0v) is 23.3. The maximum atomic E-state index is 14.4. The van der Waals surface area contributed by atoms with Gasteiger partial charge in [-0.3, -0.25) is 14.4 Å². The molecule has 5 rings (SSSR count). The molecule has 0 atom stereocenters. The lowest BCUT2D eigenvalue weighted by Gasteiger charge is -2.24. The van der Waals surface area contributed by atoms with E-state index in [-0.39, 0.29) is 33.5 Å². The quantitative estimate of drug-likeness (QED) is 0.168. The number of carbonyl (C=O) groups excluding carboxylic acids is 3. The lowest BCUT2D eigenvalue weighted by molar-refractivity contribution is -0.137. The van der Waals surface area contributed by atoms with Gasteiger partial charge in [0.05, 0.1) is 34.8 Å². The molecule has 1 aromatic heterocycles. The van der Waals surface area contributed by atoms with Crippen LogP contribution in [0.5, 0.6) is 11.5 Å². The highest BCUT2D eigenvalue weighted by Crippen LogP contribution is 2.37. The lowest BCUT2D eigenvalue weighted by Crippen LogP contribution is -2.41. The second kappa shape index (κ2) is 11.9. The van der Waals surface area contributed by atoms with E-state index in [9.17, 15) is 32.3 Å². The zero-order chi connectivity index (χ0) is 31.6. The molecule has 8 nitrogen and oxygen atoms in total. The number of benzene rings is 4. The van der Waals surface area contributed by atoms with Crippen LogP contribution in [-0.2, 0) is 13.2 Å². The van der Waals surface area contributed by atoms with Crippen LogP contribution in [0.4, 0.5) is 18.9 Å². The van der Waals surface area contributed by atoms with E-state index in [4.69, 9.17) is 9.47 Å². The Balaban J connectivity index is 1.78. The highest BCUT2D eigenvalue weighted by atomic mass is 19.4. The Morgan fingerprint density at radius 3 is 1.91 bits per heavy atom. The molecule has 11 heteroatoms. The van der Waals surface area contributed by atoms with Crippen LogP contribution in [0.1, 0.15) is 36.6 Å². The number of halogens is 3. The monoisotopic (exact) mass is 600 g/mol. The number of hydrogen-bond acceptors (Lipinski definition) is 6. The first-order valence-corrected chi connectivity index (χ1v) is 13.1. The first-order chi connectivity index (χ1) is 21.0. The number of fused-ring (bicyclic) bond motifs is 1. The number of aromatic nitrogens is 1. The van der Waals surface area contributed by atoms with Gasteiger partial charge in [0.1, 0.15) is 11.3 Å². The van der Waals surface area contributed by atoms with Gasteiger partial charge in [0.2, 0.25) is 0 Å². The lowest BCUT2D eigenvalue weighted by atomic mass is 10.1. The van der Waals surface area contributed by atoms with Crippen molar-refractivity contribution < 1.29 is 37.0 Å². The summed E-state index contributed by atoms with van der Waals surface area (Å²) in [5, 5.41) is 0.0873.